The highest BCUT2D eigenvalue weighted by atomic mass is 35.5. The van der Waals surface area contributed by atoms with Crippen molar-refractivity contribution in [3.05, 3.63) is 99.0 Å². The highest BCUT2D eigenvalue weighted by Gasteiger charge is 2.17. The Bertz CT molecular complexity index is 1080. The third-order valence-electron chi connectivity index (χ3n) is 4.69. The molecule has 0 unspecified atom stereocenters. The number of amides is 1. The van der Waals surface area contributed by atoms with Crippen LogP contribution < -0.4 is 10.1 Å². The molecule has 1 N–H and O–H groups in total. The standard InChI is InChI=1S/C24H21Cl2NO4/c1-15(16-6-8-17(9-7-16)24(29)30-2)27-23(28)22-13-20(26)11-10-18(22)14-31-21-5-3-4-19(25)12-21/h3-13,15H,14H2,1-2H3,(H,27,28)/t15-/m0/s1. The van der Waals surface area contributed by atoms with Gasteiger partial charge in [-0.2, -0.15) is 0 Å². The Labute approximate surface area is 190 Å². The van der Waals surface area contributed by atoms with E-state index in [1.165, 1.54) is 7.11 Å². The van der Waals surface area contributed by atoms with Crippen molar-refractivity contribution in [1.29, 1.82) is 0 Å². The summed E-state index contributed by atoms with van der Waals surface area (Å²) in [5.41, 5.74) is 2.41. The summed E-state index contributed by atoms with van der Waals surface area (Å²) < 4.78 is 10.5. The number of benzene rings is 3. The lowest BCUT2D eigenvalue weighted by Crippen LogP contribution is -2.27. The molecule has 7 heteroatoms. The van der Waals surface area contributed by atoms with Crippen LogP contribution in [0.15, 0.2) is 66.7 Å². The van der Waals surface area contributed by atoms with Crippen LogP contribution in [-0.4, -0.2) is 19.0 Å². The summed E-state index contributed by atoms with van der Waals surface area (Å²) in [6.07, 6.45) is 0. The molecular formula is C24H21Cl2NO4. The van der Waals surface area contributed by atoms with Crippen LogP contribution in [-0.2, 0) is 11.3 Å². The number of methoxy groups -OCH3 is 1. The summed E-state index contributed by atoms with van der Waals surface area (Å²) in [6, 6.07) is 18.7. The first-order valence-corrected chi connectivity index (χ1v) is 10.3. The van der Waals surface area contributed by atoms with Gasteiger partial charge in [0.15, 0.2) is 0 Å². The molecular weight excluding hydrogens is 437 g/mol. The zero-order chi connectivity index (χ0) is 22.4. The Morgan fingerprint density at radius 1 is 0.968 bits per heavy atom. The van der Waals surface area contributed by atoms with Gasteiger partial charge in [-0.15, -0.1) is 0 Å². The Morgan fingerprint density at radius 3 is 2.35 bits per heavy atom. The topological polar surface area (TPSA) is 64.6 Å². The number of carbonyl (C=O) groups excluding carboxylic acids is 2. The highest BCUT2D eigenvalue weighted by molar-refractivity contribution is 6.31. The molecule has 0 bridgehead atoms. The van der Waals surface area contributed by atoms with Gasteiger partial charge in [-0.1, -0.05) is 47.5 Å². The van der Waals surface area contributed by atoms with E-state index in [1.807, 2.05) is 6.92 Å². The molecule has 160 valence electrons. The molecule has 3 aromatic rings. The van der Waals surface area contributed by atoms with Crippen LogP contribution in [0, 0.1) is 0 Å². The summed E-state index contributed by atoms with van der Waals surface area (Å²) in [6.45, 7) is 2.04. The van der Waals surface area contributed by atoms with Crippen LogP contribution in [0.1, 0.15) is 44.8 Å². The van der Waals surface area contributed by atoms with E-state index in [0.717, 1.165) is 5.56 Å². The lowest BCUT2D eigenvalue weighted by atomic mass is 10.0. The predicted molar refractivity (Wildman–Crippen MR) is 121 cm³/mol. The summed E-state index contributed by atoms with van der Waals surface area (Å²) in [7, 11) is 1.33. The number of carbonyl (C=O) groups is 2. The first-order valence-electron chi connectivity index (χ1n) is 9.53. The number of hydrogen-bond donors (Lipinski definition) is 1. The Balaban J connectivity index is 1.73. The van der Waals surface area contributed by atoms with Gasteiger partial charge >= 0.3 is 5.97 Å². The maximum atomic E-state index is 13.0. The minimum atomic E-state index is -0.411. The van der Waals surface area contributed by atoms with Gasteiger partial charge in [0.1, 0.15) is 12.4 Å². The van der Waals surface area contributed by atoms with Crippen molar-refractivity contribution in [1.82, 2.24) is 5.32 Å². The second-order valence-corrected chi connectivity index (χ2v) is 7.73. The van der Waals surface area contributed by atoms with E-state index >= 15 is 0 Å². The fourth-order valence-corrected chi connectivity index (χ4v) is 3.34. The number of ether oxygens (including phenoxy) is 2. The van der Waals surface area contributed by atoms with Gasteiger partial charge in [0.05, 0.1) is 18.7 Å². The molecule has 0 aromatic heterocycles. The molecule has 0 aliphatic rings. The zero-order valence-electron chi connectivity index (χ0n) is 17.0. The predicted octanol–water partition coefficient (Wildman–Crippen LogP) is 5.85. The fourth-order valence-electron chi connectivity index (χ4n) is 2.99. The van der Waals surface area contributed by atoms with Crippen molar-refractivity contribution in [2.45, 2.75) is 19.6 Å². The molecule has 0 aliphatic heterocycles. The van der Waals surface area contributed by atoms with Gasteiger partial charge in [0, 0.05) is 21.2 Å². The van der Waals surface area contributed by atoms with Crippen LogP contribution in [0.4, 0.5) is 0 Å². The summed E-state index contributed by atoms with van der Waals surface area (Å²) in [5, 5.41) is 3.98. The maximum Gasteiger partial charge on any atom is 0.337 e. The first kappa shape index (κ1) is 22.7. The molecule has 0 radical (unpaired) electrons. The van der Waals surface area contributed by atoms with E-state index in [2.05, 4.69) is 5.32 Å². The summed E-state index contributed by atoms with van der Waals surface area (Å²) in [4.78, 5) is 24.6. The second kappa shape index (κ2) is 10.3. The smallest absolute Gasteiger partial charge is 0.337 e. The Morgan fingerprint density at radius 2 is 1.68 bits per heavy atom. The number of hydrogen-bond acceptors (Lipinski definition) is 4. The molecule has 0 fully saturated rings. The van der Waals surface area contributed by atoms with Gasteiger partial charge in [0.2, 0.25) is 0 Å². The molecule has 0 spiro atoms. The van der Waals surface area contributed by atoms with Gasteiger partial charge in [0.25, 0.3) is 5.91 Å². The lowest BCUT2D eigenvalue weighted by molar-refractivity contribution is 0.0600. The maximum absolute atomic E-state index is 13.0. The lowest BCUT2D eigenvalue weighted by Gasteiger charge is -2.17. The molecule has 0 heterocycles. The van der Waals surface area contributed by atoms with E-state index in [9.17, 15) is 9.59 Å². The van der Waals surface area contributed by atoms with Crippen molar-refractivity contribution >= 4 is 35.1 Å². The van der Waals surface area contributed by atoms with Crippen molar-refractivity contribution in [3.63, 3.8) is 0 Å². The van der Waals surface area contributed by atoms with Crippen LogP contribution >= 0.6 is 23.2 Å². The molecule has 0 saturated carbocycles. The van der Waals surface area contributed by atoms with Crippen LogP contribution in [0.2, 0.25) is 10.0 Å². The first-order chi connectivity index (χ1) is 14.9. The van der Waals surface area contributed by atoms with E-state index < -0.39 is 5.97 Å². The average molecular weight is 458 g/mol. The third-order valence-corrected chi connectivity index (χ3v) is 5.16. The highest BCUT2D eigenvalue weighted by Crippen LogP contribution is 2.22. The minimum Gasteiger partial charge on any atom is -0.489 e. The second-order valence-electron chi connectivity index (χ2n) is 6.86. The minimum absolute atomic E-state index is 0.183. The van der Waals surface area contributed by atoms with Crippen LogP contribution in [0.25, 0.3) is 0 Å². The van der Waals surface area contributed by atoms with Crippen molar-refractivity contribution < 1.29 is 19.1 Å². The average Bonchev–Trinajstić information content (AvgIpc) is 2.77. The number of halogens is 2. The largest absolute Gasteiger partial charge is 0.489 e. The molecule has 0 aliphatic carbocycles. The Kier molecular flexibility index (Phi) is 7.55. The van der Waals surface area contributed by atoms with Gasteiger partial charge in [-0.05, 0) is 55.0 Å². The van der Waals surface area contributed by atoms with Crippen molar-refractivity contribution in [3.8, 4) is 5.75 Å². The molecule has 3 aromatic carbocycles. The number of rotatable bonds is 7. The Hall–Kier alpha value is -3.02. The zero-order valence-corrected chi connectivity index (χ0v) is 18.5. The fraction of sp³-hybridized carbons (Fsp3) is 0.167. The van der Waals surface area contributed by atoms with E-state index in [0.29, 0.717) is 32.5 Å². The summed E-state index contributed by atoms with van der Waals surface area (Å²) in [5.74, 6) is -0.0869. The molecule has 5 nitrogen and oxygen atoms in total. The molecule has 1 amide bonds. The number of esters is 1. The number of nitrogens with one attached hydrogen (secondary N) is 1. The van der Waals surface area contributed by atoms with Gasteiger partial charge < -0.3 is 14.8 Å². The molecule has 31 heavy (non-hydrogen) atoms. The quantitative estimate of drug-likeness (QED) is 0.451. The third kappa shape index (κ3) is 6.00. The van der Waals surface area contributed by atoms with Gasteiger partial charge in [-0.3, -0.25) is 4.79 Å². The van der Waals surface area contributed by atoms with E-state index in [1.54, 1.807) is 66.7 Å². The van der Waals surface area contributed by atoms with E-state index in [4.69, 9.17) is 32.7 Å². The normalized spacial score (nSPS) is 11.5. The van der Waals surface area contributed by atoms with Crippen LogP contribution in [0.5, 0.6) is 5.75 Å². The van der Waals surface area contributed by atoms with Gasteiger partial charge in [-0.25, -0.2) is 4.79 Å². The monoisotopic (exact) mass is 457 g/mol. The SMILES string of the molecule is COC(=O)c1ccc([C@H](C)NC(=O)c2cc(Cl)ccc2COc2cccc(Cl)c2)cc1. The molecule has 1 atom stereocenters. The van der Waals surface area contributed by atoms with E-state index in [-0.39, 0.29) is 18.6 Å². The summed E-state index contributed by atoms with van der Waals surface area (Å²) >= 11 is 12.1. The molecule has 3 rings (SSSR count). The van der Waals surface area contributed by atoms with Crippen molar-refractivity contribution in [2.24, 2.45) is 0 Å². The van der Waals surface area contributed by atoms with Crippen LogP contribution in [0.3, 0.4) is 0 Å². The van der Waals surface area contributed by atoms with Crippen molar-refractivity contribution in [2.75, 3.05) is 7.11 Å². The molecule has 0 saturated heterocycles.